The minimum Gasteiger partial charge on any atom is -0.320 e. The summed E-state index contributed by atoms with van der Waals surface area (Å²) in [7, 11) is 2.65. The number of amides is 1. The molecule has 0 heterocycles. The van der Waals surface area contributed by atoms with E-state index in [1.165, 1.54) is 0 Å². The first kappa shape index (κ1) is 6.73. The molecule has 2 N–H and O–H groups in total. The molecule has 0 aromatic heterocycles. The lowest BCUT2D eigenvalue weighted by Crippen LogP contribution is -2.23. The van der Waals surface area contributed by atoms with Crippen LogP contribution in [-0.4, -0.2) is 11.9 Å². The third-order valence-electron chi connectivity index (χ3n) is 0.500. The fourth-order valence-electron chi connectivity index (χ4n) is 0.102. The van der Waals surface area contributed by atoms with Crippen LogP contribution >= 0.6 is 9.03 Å². The molecule has 0 fully saturated rings. The molecule has 7 heavy (non-hydrogen) atoms. The number of nitrogens with two attached hydrogens (primary N) is 1. The Hall–Kier alpha value is -0.270. The Bertz CT molecular complexity index is 90.9. The Labute approximate surface area is 44.2 Å². The molecule has 1 amide bonds. The van der Waals surface area contributed by atoms with Gasteiger partial charge in [-0.3, -0.25) is 4.79 Å². The number of nitrogens with zero attached hydrogens (tertiary/aromatic N) is 1. The molecule has 0 saturated carbocycles. The van der Waals surface area contributed by atoms with Crippen molar-refractivity contribution >= 4 is 14.9 Å². The highest BCUT2D eigenvalue weighted by molar-refractivity contribution is 7.04. The van der Waals surface area contributed by atoms with Gasteiger partial charge in [0, 0.05) is 0 Å². The van der Waals surface area contributed by atoms with Crippen LogP contribution in [0.4, 0.5) is 0 Å². The molecule has 40 valence electrons. The fourth-order valence-corrected chi connectivity index (χ4v) is 0.305. The standard InChI is InChI=1S/C3H7N2OP/c1-2(4)3(6)5-7/h2,7H,4H2,1H3/t2-/m0/s1. The Morgan fingerprint density at radius 3 is 2.43 bits per heavy atom. The lowest BCUT2D eigenvalue weighted by atomic mass is 10.4. The second-order valence-corrected chi connectivity index (χ2v) is 1.46. The molecule has 0 unspecified atom stereocenters. The molecule has 3 nitrogen and oxygen atoms in total. The van der Waals surface area contributed by atoms with E-state index in [9.17, 15) is 4.79 Å². The minimum absolute atomic E-state index is 0.336. The molecular weight excluding hydrogens is 111 g/mol. The average Bonchev–Trinajstić information content (AvgIpc) is 1.65. The van der Waals surface area contributed by atoms with Gasteiger partial charge in [-0.2, -0.15) is 4.74 Å². The molecule has 0 radical (unpaired) electrons. The van der Waals surface area contributed by atoms with Crippen LogP contribution in [0.5, 0.6) is 0 Å². The molecule has 0 aromatic rings. The molecule has 0 aromatic carbocycles. The molecule has 0 rings (SSSR count). The summed E-state index contributed by atoms with van der Waals surface area (Å²) >= 11 is 0. The van der Waals surface area contributed by atoms with Gasteiger partial charge in [0.2, 0.25) is 0 Å². The SMILES string of the molecule is C[C@H](N)C(=O)N=P. The summed E-state index contributed by atoms with van der Waals surface area (Å²) in [6, 6.07) is -0.488. The highest BCUT2D eigenvalue weighted by atomic mass is 31.0. The molecule has 0 bridgehead atoms. The number of carbonyl (C=O) groups excluding carboxylic acids is 1. The van der Waals surface area contributed by atoms with E-state index in [1.807, 2.05) is 0 Å². The summed E-state index contributed by atoms with van der Waals surface area (Å²) in [6.45, 7) is 1.58. The first-order valence-electron chi connectivity index (χ1n) is 1.85. The van der Waals surface area contributed by atoms with Crippen molar-refractivity contribution in [3.05, 3.63) is 0 Å². The van der Waals surface area contributed by atoms with E-state index in [4.69, 9.17) is 5.73 Å². The summed E-state index contributed by atoms with van der Waals surface area (Å²) < 4.78 is 3.13. The van der Waals surface area contributed by atoms with E-state index in [1.54, 1.807) is 6.92 Å². The maximum atomic E-state index is 10.2. The number of hydrogen-bond donors (Lipinski definition) is 1. The van der Waals surface area contributed by atoms with Crippen LogP contribution in [0.2, 0.25) is 0 Å². The first-order valence-corrected chi connectivity index (χ1v) is 2.30. The van der Waals surface area contributed by atoms with Gasteiger partial charge in [-0.25, -0.2) is 0 Å². The van der Waals surface area contributed by atoms with Crippen molar-refractivity contribution in [2.45, 2.75) is 13.0 Å². The fraction of sp³-hybridized carbons (Fsp3) is 0.667. The van der Waals surface area contributed by atoms with Crippen molar-refractivity contribution in [1.82, 2.24) is 0 Å². The van der Waals surface area contributed by atoms with Crippen molar-refractivity contribution in [1.29, 1.82) is 0 Å². The Balaban J connectivity index is 3.56. The topological polar surface area (TPSA) is 55.5 Å². The largest absolute Gasteiger partial charge is 0.320 e. The van der Waals surface area contributed by atoms with E-state index in [0.29, 0.717) is 0 Å². The molecule has 0 aliphatic carbocycles. The molecule has 1 atom stereocenters. The zero-order valence-electron chi connectivity index (χ0n) is 4.01. The van der Waals surface area contributed by atoms with Crippen LogP contribution in [-0.2, 0) is 4.79 Å². The summed E-state index contributed by atoms with van der Waals surface area (Å²) in [5.74, 6) is -0.336. The number of hydrogen-bond acceptors (Lipinski definition) is 2. The van der Waals surface area contributed by atoms with Crippen LogP contribution in [0.3, 0.4) is 0 Å². The van der Waals surface area contributed by atoms with Crippen LogP contribution < -0.4 is 5.73 Å². The molecule has 0 aliphatic rings. The van der Waals surface area contributed by atoms with E-state index < -0.39 is 6.04 Å². The number of carbonyl (C=O) groups is 1. The van der Waals surface area contributed by atoms with Gasteiger partial charge in [0.1, 0.15) is 0 Å². The average molecular weight is 118 g/mol. The van der Waals surface area contributed by atoms with Gasteiger partial charge in [-0.05, 0) is 16.0 Å². The molecule has 0 aliphatic heterocycles. The molecular formula is C3H7N2OP. The second kappa shape index (κ2) is 2.83. The highest BCUT2D eigenvalue weighted by Gasteiger charge is 2.00. The normalized spacial score (nSPS) is 12.9. The third-order valence-corrected chi connectivity index (χ3v) is 0.720. The van der Waals surface area contributed by atoms with Crippen molar-refractivity contribution in [2.24, 2.45) is 10.5 Å². The van der Waals surface area contributed by atoms with Crippen molar-refractivity contribution in [3.63, 3.8) is 0 Å². The first-order chi connectivity index (χ1) is 3.18. The monoisotopic (exact) mass is 118 g/mol. The lowest BCUT2D eigenvalue weighted by molar-refractivity contribution is -0.118. The predicted molar refractivity (Wildman–Crippen MR) is 29.4 cm³/mol. The van der Waals surface area contributed by atoms with E-state index in [0.717, 1.165) is 0 Å². The van der Waals surface area contributed by atoms with Crippen LogP contribution in [0, 0.1) is 0 Å². The van der Waals surface area contributed by atoms with Crippen molar-refractivity contribution in [2.75, 3.05) is 0 Å². The highest BCUT2D eigenvalue weighted by Crippen LogP contribution is 1.82. The maximum Gasteiger partial charge on any atom is 0.265 e. The Morgan fingerprint density at radius 2 is 2.43 bits per heavy atom. The Morgan fingerprint density at radius 1 is 2.00 bits per heavy atom. The van der Waals surface area contributed by atoms with Gasteiger partial charge in [0.25, 0.3) is 5.91 Å². The summed E-state index contributed by atoms with van der Waals surface area (Å²) in [5.41, 5.74) is 5.07. The van der Waals surface area contributed by atoms with E-state index >= 15 is 0 Å². The van der Waals surface area contributed by atoms with Crippen molar-refractivity contribution < 1.29 is 4.79 Å². The van der Waals surface area contributed by atoms with Gasteiger partial charge >= 0.3 is 0 Å². The van der Waals surface area contributed by atoms with E-state index in [-0.39, 0.29) is 5.91 Å². The molecule has 0 spiro atoms. The van der Waals surface area contributed by atoms with E-state index in [2.05, 4.69) is 13.8 Å². The summed E-state index contributed by atoms with van der Waals surface area (Å²) in [5, 5.41) is 0. The molecule has 0 saturated heterocycles. The van der Waals surface area contributed by atoms with Crippen LogP contribution in [0.1, 0.15) is 6.92 Å². The van der Waals surface area contributed by atoms with Gasteiger partial charge in [-0.1, -0.05) is 0 Å². The summed E-state index contributed by atoms with van der Waals surface area (Å²) in [6.07, 6.45) is 0. The van der Waals surface area contributed by atoms with Gasteiger partial charge < -0.3 is 5.73 Å². The minimum atomic E-state index is -0.488. The number of rotatable bonds is 1. The van der Waals surface area contributed by atoms with Gasteiger partial charge in [0.15, 0.2) is 0 Å². The third kappa shape index (κ3) is 2.43. The smallest absolute Gasteiger partial charge is 0.265 e. The lowest BCUT2D eigenvalue weighted by Gasteiger charge is -1.91. The zero-order valence-corrected chi connectivity index (χ0v) is 5.01. The van der Waals surface area contributed by atoms with Crippen LogP contribution in [0.25, 0.3) is 0 Å². The Kier molecular flexibility index (Phi) is 2.72. The quantitative estimate of drug-likeness (QED) is 0.499. The maximum absolute atomic E-state index is 10.2. The van der Waals surface area contributed by atoms with Gasteiger partial charge in [0.05, 0.1) is 6.04 Å². The van der Waals surface area contributed by atoms with Crippen LogP contribution in [0.15, 0.2) is 4.74 Å². The second-order valence-electron chi connectivity index (χ2n) is 1.24. The predicted octanol–water partition coefficient (Wildman–Crippen LogP) is 0.187. The summed E-state index contributed by atoms with van der Waals surface area (Å²) in [4.78, 5) is 10.2. The van der Waals surface area contributed by atoms with Gasteiger partial charge in [-0.15, -0.1) is 0 Å². The van der Waals surface area contributed by atoms with Crippen molar-refractivity contribution in [3.8, 4) is 0 Å². The zero-order chi connectivity index (χ0) is 5.86. The molecule has 4 heteroatoms.